The van der Waals surface area contributed by atoms with Crippen LogP contribution in [0.3, 0.4) is 0 Å². The molecule has 1 saturated carbocycles. The third-order valence-electron chi connectivity index (χ3n) is 3.28. The van der Waals surface area contributed by atoms with Crippen molar-refractivity contribution in [2.45, 2.75) is 19.8 Å². The topological polar surface area (TPSA) is 41.1 Å². The second-order valence-corrected chi connectivity index (χ2v) is 5.14. The van der Waals surface area contributed by atoms with Crippen molar-refractivity contribution >= 4 is 23.2 Å². The molecule has 1 aliphatic rings. The average Bonchev–Trinajstić information content (AvgIpc) is 3.05. The first-order valence-corrected chi connectivity index (χ1v) is 6.17. The second kappa shape index (κ2) is 4.67. The van der Waals surface area contributed by atoms with Crippen molar-refractivity contribution in [1.29, 1.82) is 0 Å². The lowest BCUT2D eigenvalue weighted by atomic mass is 10.1. The lowest BCUT2D eigenvalue weighted by Gasteiger charge is -2.15. The van der Waals surface area contributed by atoms with Crippen LogP contribution < -0.4 is 10.6 Å². The Morgan fingerprint density at radius 1 is 1.47 bits per heavy atom. The van der Waals surface area contributed by atoms with Gasteiger partial charge in [0, 0.05) is 17.3 Å². The summed E-state index contributed by atoms with van der Waals surface area (Å²) in [6.45, 7) is 2.68. The summed E-state index contributed by atoms with van der Waals surface area (Å²) in [6.07, 6.45) is 1.92. The van der Waals surface area contributed by atoms with E-state index in [-0.39, 0.29) is 11.3 Å². The summed E-state index contributed by atoms with van der Waals surface area (Å²) in [7, 11) is 1.87. The van der Waals surface area contributed by atoms with Gasteiger partial charge in [-0.3, -0.25) is 4.79 Å². The largest absolute Gasteiger partial charge is 0.326 e. The van der Waals surface area contributed by atoms with Gasteiger partial charge in [0.25, 0.3) is 0 Å². The monoisotopic (exact) mass is 252 g/mol. The van der Waals surface area contributed by atoms with Crippen molar-refractivity contribution in [3.63, 3.8) is 0 Å². The smallest absolute Gasteiger partial charge is 0.231 e. The van der Waals surface area contributed by atoms with Gasteiger partial charge in [-0.15, -0.1) is 0 Å². The van der Waals surface area contributed by atoms with Crippen LogP contribution in [0.4, 0.5) is 5.69 Å². The zero-order valence-electron chi connectivity index (χ0n) is 10.1. The van der Waals surface area contributed by atoms with Crippen LogP contribution in [-0.2, 0) is 4.79 Å². The number of halogens is 1. The molecule has 3 nitrogen and oxygen atoms in total. The summed E-state index contributed by atoms with van der Waals surface area (Å²) in [5.41, 5.74) is 1.58. The van der Waals surface area contributed by atoms with Crippen LogP contribution in [0.1, 0.15) is 18.4 Å². The first-order chi connectivity index (χ1) is 8.07. The molecule has 0 aliphatic heterocycles. The molecule has 0 atom stereocenters. The first kappa shape index (κ1) is 12.4. The van der Waals surface area contributed by atoms with Crippen molar-refractivity contribution in [3.8, 4) is 0 Å². The van der Waals surface area contributed by atoms with Gasteiger partial charge >= 0.3 is 0 Å². The fourth-order valence-corrected chi connectivity index (χ4v) is 2.09. The number of hydrogen-bond acceptors (Lipinski definition) is 2. The van der Waals surface area contributed by atoms with Gasteiger partial charge in [-0.1, -0.05) is 17.7 Å². The van der Waals surface area contributed by atoms with Crippen LogP contribution in [0.25, 0.3) is 0 Å². The van der Waals surface area contributed by atoms with E-state index in [1.54, 1.807) is 6.07 Å². The van der Waals surface area contributed by atoms with Gasteiger partial charge in [0.2, 0.25) is 5.91 Å². The van der Waals surface area contributed by atoms with Gasteiger partial charge in [-0.25, -0.2) is 0 Å². The maximum absolute atomic E-state index is 12.1. The summed E-state index contributed by atoms with van der Waals surface area (Å²) in [5, 5.41) is 6.69. The van der Waals surface area contributed by atoms with E-state index in [0.29, 0.717) is 5.02 Å². The van der Waals surface area contributed by atoms with Gasteiger partial charge in [-0.2, -0.15) is 0 Å². The molecule has 1 aliphatic carbocycles. The maximum atomic E-state index is 12.1. The molecule has 1 aromatic carbocycles. The van der Waals surface area contributed by atoms with Crippen molar-refractivity contribution in [2.24, 2.45) is 5.41 Å². The molecule has 2 N–H and O–H groups in total. The fraction of sp³-hybridized carbons (Fsp3) is 0.462. The average molecular weight is 253 g/mol. The van der Waals surface area contributed by atoms with Gasteiger partial charge < -0.3 is 10.6 Å². The Balaban J connectivity index is 2.06. The van der Waals surface area contributed by atoms with Crippen molar-refractivity contribution < 1.29 is 4.79 Å². The molecule has 17 heavy (non-hydrogen) atoms. The molecule has 1 amide bonds. The number of aryl methyl sites for hydroxylation is 1. The number of benzene rings is 1. The zero-order chi connectivity index (χ0) is 12.5. The molecule has 0 bridgehead atoms. The van der Waals surface area contributed by atoms with Gasteiger partial charge in [0.1, 0.15) is 0 Å². The highest BCUT2D eigenvalue weighted by atomic mass is 35.5. The van der Waals surface area contributed by atoms with Crippen molar-refractivity contribution in [1.82, 2.24) is 5.32 Å². The quantitative estimate of drug-likeness (QED) is 0.865. The number of rotatable bonds is 4. The van der Waals surface area contributed by atoms with E-state index < -0.39 is 0 Å². The second-order valence-electron chi connectivity index (χ2n) is 4.73. The first-order valence-electron chi connectivity index (χ1n) is 5.80. The molecular weight excluding hydrogens is 236 g/mol. The fourth-order valence-electron chi connectivity index (χ4n) is 1.91. The van der Waals surface area contributed by atoms with Crippen LogP contribution >= 0.6 is 11.6 Å². The molecule has 0 aromatic heterocycles. The summed E-state index contributed by atoms with van der Waals surface area (Å²) in [4.78, 5) is 12.1. The minimum Gasteiger partial charge on any atom is -0.326 e. The molecule has 1 aromatic rings. The predicted molar refractivity (Wildman–Crippen MR) is 70.4 cm³/mol. The Morgan fingerprint density at radius 2 is 2.18 bits per heavy atom. The van der Waals surface area contributed by atoms with Crippen LogP contribution in [-0.4, -0.2) is 19.5 Å². The molecule has 0 heterocycles. The summed E-state index contributed by atoms with van der Waals surface area (Å²) >= 11 is 6.02. The molecule has 1 fully saturated rings. The third kappa shape index (κ3) is 2.61. The Bertz CT molecular complexity index is 441. The molecule has 4 heteroatoms. The number of nitrogens with one attached hydrogen (secondary N) is 2. The number of hydrogen-bond donors (Lipinski definition) is 2. The predicted octanol–water partition coefficient (Wildman–Crippen LogP) is 2.59. The molecule has 0 spiro atoms. The lowest BCUT2D eigenvalue weighted by molar-refractivity contribution is -0.120. The minimum absolute atomic E-state index is 0.0896. The molecule has 0 radical (unpaired) electrons. The van der Waals surface area contributed by atoms with Crippen LogP contribution in [0, 0.1) is 12.3 Å². The van der Waals surface area contributed by atoms with Crippen molar-refractivity contribution in [2.75, 3.05) is 18.9 Å². The van der Waals surface area contributed by atoms with E-state index >= 15 is 0 Å². The Morgan fingerprint density at radius 3 is 2.71 bits per heavy atom. The standard InChI is InChI=1S/C13H17ClN2O/c1-9-3-4-10(7-11(9)14)16-12(17)13(5-6-13)8-15-2/h3-4,7,15H,5-6,8H2,1-2H3,(H,16,17). The Kier molecular flexibility index (Phi) is 3.40. The van der Waals surface area contributed by atoms with Gasteiger partial charge in [0.15, 0.2) is 0 Å². The van der Waals surface area contributed by atoms with Gasteiger partial charge in [0.05, 0.1) is 5.41 Å². The normalized spacial score (nSPS) is 16.6. The molecule has 0 saturated heterocycles. The van der Waals surface area contributed by atoms with Gasteiger partial charge in [-0.05, 0) is 44.5 Å². The Labute approximate surface area is 107 Å². The minimum atomic E-state index is -0.202. The molecule has 2 rings (SSSR count). The van der Waals surface area contributed by atoms with E-state index in [0.717, 1.165) is 30.6 Å². The number of carbonyl (C=O) groups excluding carboxylic acids is 1. The number of anilines is 1. The number of carbonyl (C=O) groups is 1. The van der Waals surface area contributed by atoms with E-state index in [4.69, 9.17) is 11.6 Å². The van der Waals surface area contributed by atoms with Crippen LogP contribution in [0.2, 0.25) is 5.02 Å². The van der Waals surface area contributed by atoms with E-state index in [1.165, 1.54) is 0 Å². The third-order valence-corrected chi connectivity index (χ3v) is 3.69. The molecule has 0 unspecified atom stereocenters. The summed E-state index contributed by atoms with van der Waals surface area (Å²) < 4.78 is 0. The van der Waals surface area contributed by atoms with E-state index in [2.05, 4.69) is 10.6 Å². The van der Waals surface area contributed by atoms with E-state index in [1.807, 2.05) is 26.1 Å². The zero-order valence-corrected chi connectivity index (χ0v) is 10.9. The van der Waals surface area contributed by atoms with Crippen LogP contribution in [0.15, 0.2) is 18.2 Å². The van der Waals surface area contributed by atoms with Crippen molar-refractivity contribution in [3.05, 3.63) is 28.8 Å². The Hall–Kier alpha value is -1.06. The highest BCUT2D eigenvalue weighted by molar-refractivity contribution is 6.31. The summed E-state index contributed by atoms with van der Waals surface area (Å²) in [6, 6.07) is 5.59. The lowest BCUT2D eigenvalue weighted by Crippen LogP contribution is -2.32. The highest BCUT2D eigenvalue weighted by Crippen LogP contribution is 2.45. The summed E-state index contributed by atoms with van der Waals surface area (Å²) in [5.74, 6) is 0.0896. The molecule has 92 valence electrons. The number of amides is 1. The maximum Gasteiger partial charge on any atom is 0.231 e. The van der Waals surface area contributed by atoms with E-state index in [9.17, 15) is 4.79 Å². The highest BCUT2D eigenvalue weighted by Gasteiger charge is 2.49. The molecular formula is C13H17ClN2O. The SMILES string of the molecule is CNCC1(C(=O)Nc2ccc(C)c(Cl)c2)CC1. The van der Waals surface area contributed by atoms with Crippen LogP contribution in [0.5, 0.6) is 0 Å².